The summed E-state index contributed by atoms with van der Waals surface area (Å²) in [6, 6.07) is 8.54. The van der Waals surface area contributed by atoms with Crippen LogP contribution in [-0.2, 0) is 10.3 Å². The number of carbonyl (C=O) groups excluding carboxylic acids is 1. The average molecular weight is 381 g/mol. The molecule has 1 fully saturated rings. The van der Waals surface area contributed by atoms with Crippen LogP contribution < -0.4 is 4.90 Å². The van der Waals surface area contributed by atoms with Crippen LogP contribution in [0.5, 0.6) is 0 Å². The first-order valence-corrected chi connectivity index (χ1v) is 10.6. The van der Waals surface area contributed by atoms with E-state index in [4.69, 9.17) is 4.98 Å². The van der Waals surface area contributed by atoms with Crippen LogP contribution in [0.2, 0.25) is 0 Å². The zero-order valence-electron chi connectivity index (χ0n) is 17.6. The summed E-state index contributed by atoms with van der Waals surface area (Å²) in [6.45, 7) is 11.3. The smallest absolute Gasteiger partial charge is 0.222 e. The van der Waals surface area contributed by atoms with Crippen LogP contribution in [0.1, 0.15) is 52.7 Å². The van der Waals surface area contributed by atoms with E-state index in [1.807, 2.05) is 12.3 Å². The number of amides is 1. The Labute approximate surface area is 168 Å². The molecule has 4 heterocycles. The van der Waals surface area contributed by atoms with Crippen LogP contribution in [0.4, 0.5) is 5.69 Å². The van der Waals surface area contributed by atoms with E-state index < -0.39 is 0 Å². The molecule has 2 aromatic rings. The number of nitrogens with zero attached hydrogens (tertiary/aromatic N) is 4. The molecule has 1 spiro atoms. The van der Waals surface area contributed by atoms with Gasteiger partial charge in [-0.2, -0.15) is 0 Å². The highest BCUT2D eigenvalue weighted by Crippen LogP contribution is 2.47. The van der Waals surface area contributed by atoms with Crippen LogP contribution in [0.15, 0.2) is 36.7 Å². The van der Waals surface area contributed by atoms with Crippen molar-refractivity contribution < 1.29 is 4.79 Å². The van der Waals surface area contributed by atoms with Crippen LogP contribution in [0, 0.1) is 11.8 Å². The van der Waals surface area contributed by atoms with Crippen molar-refractivity contribution in [2.24, 2.45) is 11.8 Å². The van der Waals surface area contributed by atoms with E-state index in [1.165, 1.54) is 11.4 Å². The summed E-state index contributed by atoms with van der Waals surface area (Å²) in [5, 5.41) is 0. The van der Waals surface area contributed by atoms with Gasteiger partial charge in [-0.05, 0) is 48.9 Å². The Morgan fingerprint density at radius 1 is 1.18 bits per heavy atom. The minimum Gasteiger partial charge on any atom is -0.355 e. The fraction of sp³-hybridized carbons (Fsp3) is 0.565. The monoisotopic (exact) mass is 380 g/mol. The van der Waals surface area contributed by atoms with E-state index in [0.29, 0.717) is 18.3 Å². The number of fused-ring (bicyclic) bond motifs is 4. The normalized spacial score (nSPS) is 20.9. The van der Waals surface area contributed by atoms with Gasteiger partial charge in [-0.25, -0.2) is 4.98 Å². The van der Waals surface area contributed by atoms with Gasteiger partial charge >= 0.3 is 0 Å². The number of pyridine rings is 1. The standard InChI is InChI=1S/C23H32N4O/c1-17(2)9-13-27-19-7-5-11-24-22(19)26-12-6-8-20(26)23(27)10-14-25(16-23)21(28)15-18(3)4/h5-8,11-12,17-18H,9-10,13-16H2,1-4H3. The van der Waals surface area contributed by atoms with Gasteiger partial charge in [0.2, 0.25) is 5.91 Å². The first kappa shape index (κ1) is 19.0. The lowest BCUT2D eigenvalue weighted by Crippen LogP contribution is -2.53. The minimum atomic E-state index is -0.166. The second kappa shape index (κ2) is 7.26. The zero-order chi connectivity index (χ0) is 19.9. The van der Waals surface area contributed by atoms with Crippen molar-refractivity contribution in [3.63, 3.8) is 0 Å². The molecule has 0 aromatic carbocycles. The summed E-state index contributed by atoms with van der Waals surface area (Å²) in [7, 11) is 0. The molecular formula is C23H32N4O. The molecule has 4 rings (SSSR count). The Morgan fingerprint density at radius 2 is 2.00 bits per heavy atom. The van der Waals surface area contributed by atoms with Crippen molar-refractivity contribution in [3.05, 3.63) is 42.4 Å². The van der Waals surface area contributed by atoms with Gasteiger partial charge in [-0.15, -0.1) is 0 Å². The molecule has 0 N–H and O–H groups in total. The number of hydrogen-bond donors (Lipinski definition) is 0. The molecule has 5 heteroatoms. The van der Waals surface area contributed by atoms with Crippen molar-refractivity contribution in [2.45, 2.75) is 52.5 Å². The maximum absolute atomic E-state index is 12.8. The topological polar surface area (TPSA) is 41.4 Å². The van der Waals surface area contributed by atoms with Crippen molar-refractivity contribution >= 4 is 11.6 Å². The van der Waals surface area contributed by atoms with Crippen molar-refractivity contribution in [2.75, 3.05) is 24.5 Å². The zero-order valence-corrected chi connectivity index (χ0v) is 17.6. The number of aromatic nitrogens is 2. The van der Waals surface area contributed by atoms with Gasteiger partial charge in [-0.1, -0.05) is 27.7 Å². The number of hydrogen-bond acceptors (Lipinski definition) is 3. The number of anilines is 1. The van der Waals surface area contributed by atoms with E-state index in [0.717, 1.165) is 38.3 Å². The largest absolute Gasteiger partial charge is 0.355 e. The number of rotatable bonds is 5. The van der Waals surface area contributed by atoms with Crippen molar-refractivity contribution in [3.8, 4) is 5.82 Å². The highest BCUT2D eigenvalue weighted by atomic mass is 16.2. The van der Waals surface area contributed by atoms with Crippen LogP contribution in [0.25, 0.3) is 5.82 Å². The van der Waals surface area contributed by atoms with E-state index >= 15 is 0 Å². The third-order valence-corrected chi connectivity index (χ3v) is 6.14. The number of carbonyl (C=O) groups is 1. The maximum atomic E-state index is 12.8. The molecule has 1 unspecified atom stereocenters. The molecule has 150 valence electrons. The van der Waals surface area contributed by atoms with Crippen LogP contribution in [-0.4, -0.2) is 40.0 Å². The predicted octanol–water partition coefficient (Wildman–Crippen LogP) is 4.21. The maximum Gasteiger partial charge on any atom is 0.222 e. The molecule has 0 radical (unpaired) electrons. The van der Waals surface area contributed by atoms with Gasteiger partial charge in [0.05, 0.1) is 11.4 Å². The molecule has 5 nitrogen and oxygen atoms in total. The van der Waals surface area contributed by atoms with Crippen LogP contribution >= 0.6 is 0 Å². The third-order valence-electron chi connectivity index (χ3n) is 6.14. The lowest BCUT2D eigenvalue weighted by Gasteiger charge is -2.47. The molecule has 1 amide bonds. The first-order valence-electron chi connectivity index (χ1n) is 10.6. The lowest BCUT2D eigenvalue weighted by atomic mass is 9.88. The summed E-state index contributed by atoms with van der Waals surface area (Å²) in [5.74, 6) is 2.31. The Bertz CT molecular complexity index is 856. The van der Waals surface area contributed by atoms with Gasteiger partial charge in [0.15, 0.2) is 5.82 Å². The number of likely N-dealkylation sites (tertiary alicyclic amines) is 1. The molecule has 0 aliphatic carbocycles. The van der Waals surface area contributed by atoms with Crippen molar-refractivity contribution in [1.82, 2.24) is 14.5 Å². The fourth-order valence-corrected chi connectivity index (χ4v) is 4.73. The van der Waals surface area contributed by atoms with E-state index in [-0.39, 0.29) is 11.4 Å². The minimum absolute atomic E-state index is 0.166. The summed E-state index contributed by atoms with van der Waals surface area (Å²) in [4.78, 5) is 22.2. The highest BCUT2D eigenvalue weighted by molar-refractivity contribution is 5.77. The summed E-state index contributed by atoms with van der Waals surface area (Å²) >= 11 is 0. The van der Waals surface area contributed by atoms with Gasteiger partial charge in [-0.3, -0.25) is 4.79 Å². The molecule has 0 saturated carbocycles. The van der Waals surface area contributed by atoms with Crippen molar-refractivity contribution in [1.29, 1.82) is 0 Å². The average Bonchev–Trinajstić information content (AvgIpc) is 3.29. The molecular weight excluding hydrogens is 348 g/mol. The van der Waals surface area contributed by atoms with Gasteiger partial charge in [0.1, 0.15) is 5.54 Å². The first-order chi connectivity index (χ1) is 13.4. The summed E-state index contributed by atoms with van der Waals surface area (Å²) in [6.07, 6.45) is 6.70. The van der Waals surface area contributed by atoms with E-state index in [2.05, 4.69) is 66.5 Å². The Hall–Kier alpha value is -2.30. The van der Waals surface area contributed by atoms with Crippen LogP contribution in [0.3, 0.4) is 0 Å². The predicted molar refractivity (Wildman–Crippen MR) is 113 cm³/mol. The quantitative estimate of drug-likeness (QED) is 0.780. The van der Waals surface area contributed by atoms with Gasteiger partial charge in [0, 0.05) is 38.4 Å². The Kier molecular flexibility index (Phi) is 4.94. The SMILES string of the molecule is CC(C)CCN1c2cccnc2-n2cccc2C12CCN(C(=O)CC(C)C)C2. The lowest BCUT2D eigenvalue weighted by molar-refractivity contribution is -0.131. The Balaban J connectivity index is 1.75. The highest BCUT2D eigenvalue weighted by Gasteiger charge is 2.50. The molecule has 2 aromatic heterocycles. The van der Waals surface area contributed by atoms with E-state index in [9.17, 15) is 4.79 Å². The molecule has 1 saturated heterocycles. The molecule has 2 aliphatic rings. The molecule has 28 heavy (non-hydrogen) atoms. The molecule has 0 bridgehead atoms. The molecule has 1 atom stereocenters. The van der Waals surface area contributed by atoms with E-state index in [1.54, 1.807) is 0 Å². The third kappa shape index (κ3) is 3.11. The molecule has 2 aliphatic heterocycles. The summed E-state index contributed by atoms with van der Waals surface area (Å²) in [5.41, 5.74) is 2.29. The van der Waals surface area contributed by atoms with Gasteiger partial charge in [0.25, 0.3) is 0 Å². The Morgan fingerprint density at radius 3 is 2.75 bits per heavy atom. The van der Waals surface area contributed by atoms with Gasteiger partial charge < -0.3 is 14.4 Å². The fourth-order valence-electron chi connectivity index (χ4n) is 4.73. The summed E-state index contributed by atoms with van der Waals surface area (Å²) < 4.78 is 2.23. The second-order valence-corrected chi connectivity index (χ2v) is 9.14. The second-order valence-electron chi connectivity index (χ2n) is 9.14.